The molecule has 1 nitrogen and oxygen atoms in total. The summed E-state index contributed by atoms with van der Waals surface area (Å²) in [4.78, 5) is 10.2. The van der Waals surface area contributed by atoms with Crippen LogP contribution in [0, 0.1) is 0 Å². The normalized spacial score (nSPS) is 13.1. The first-order chi connectivity index (χ1) is 4.68. The van der Waals surface area contributed by atoms with Gasteiger partial charge < -0.3 is 0 Å². The molecule has 0 unspecified atom stereocenters. The van der Waals surface area contributed by atoms with E-state index in [0.29, 0.717) is 5.88 Å². The molecule has 0 N–H and O–H groups in total. The van der Waals surface area contributed by atoms with Gasteiger partial charge in [-0.3, -0.25) is 4.79 Å². The summed E-state index contributed by atoms with van der Waals surface area (Å²) in [5.41, 5.74) is 0. The Morgan fingerprint density at radius 1 is 1.50 bits per heavy atom. The van der Waals surface area contributed by atoms with Crippen LogP contribution in [0.4, 0.5) is 0 Å². The second kappa shape index (κ2) is 6.44. The summed E-state index contributed by atoms with van der Waals surface area (Å²) in [5, 5.41) is -0.324. The summed E-state index contributed by atoms with van der Waals surface area (Å²) < 4.78 is 0. The van der Waals surface area contributed by atoms with Gasteiger partial charge in [-0.2, -0.15) is 0 Å². The van der Waals surface area contributed by atoms with E-state index in [4.69, 9.17) is 23.2 Å². The van der Waals surface area contributed by atoms with Crippen LogP contribution in [0.3, 0.4) is 0 Å². The third kappa shape index (κ3) is 5.51. The molecule has 0 radical (unpaired) electrons. The number of halogens is 3. The number of alkyl halides is 2. The summed E-state index contributed by atoms with van der Waals surface area (Å²) in [6.07, 6.45) is 2.65. The zero-order valence-corrected chi connectivity index (χ0v) is 8.55. The maximum absolute atomic E-state index is 10.4. The van der Waals surface area contributed by atoms with Crippen LogP contribution < -0.4 is 0 Å². The van der Waals surface area contributed by atoms with Crippen molar-refractivity contribution < 1.29 is 4.79 Å². The number of carbonyl (C=O) groups is 1. The second-order valence-corrected chi connectivity index (χ2v) is 3.81. The van der Waals surface area contributed by atoms with E-state index in [0.717, 1.165) is 19.3 Å². The van der Waals surface area contributed by atoms with E-state index in [1.807, 2.05) is 0 Å². The maximum atomic E-state index is 10.4. The minimum atomic E-state index is -0.324. The molecular weight excluding hydrogens is 239 g/mol. The van der Waals surface area contributed by atoms with Crippen LogP contribution in [-0.2, 0) is 4.79 Å². The van der Waals surface area contributed by atoms with Gasteiger partial charge in [0, 0.05) is 5.88 Å². The van der Waals surface area contributed by atoms with Crippen molar-refractivity contribution in [1.29, 1.82) is 0 Å². The predicted molar refractivity (Wildman–Crippen MR) is 48.1 cm³/mol. The Kier molecular flexibility index (Phi) is 6.91. The van der Waals surface area contributed by atoms with Crippen molar-refractivity contribution in [3.63, 3.8) is 0 Å². The highest BCUT2D eigenvalue weighted by Gasteiger charge is 2.10. The Bertz CT molecular complexity index is 108. The molecule has 0 aromatic rings. The van der Waals surface area contributed by atoms with Gasteiger partial charge in [-0.05, 0) is 24.4 Å². The molecule has 0 aliphatic rings. The molecule has 10 heavy (non-hydrogen) atoms. The van der Waals surface area contributed by atoms with Gasteiger partial charge in [0.1, 0.15) is 0 Å². The highest BCUT2D eigenvalue weighted by molar-refractivity contribution is 9.10. The third-order valence-corrected chi connectivity index (χ3v) is 2.76. The first-order valence-corrected chi connectivity index (χ1v) is 4.90. The van der Waals surface area contributed by atoms with E-state index in [-0.39, 0.29) is 10.1 Å². The molecule has 0 rings (SSSR count). The average molecular weight is 248 g/mol. The second-order valence-electron chi connectivity index (χ2n) is 1.96. The summed E-state index contributed by atoms with van der Waals surface area (Å²) in [6.45, 7) is 0. The average Bonchev–Trinajstić information content (AvgIpc) is 1.88. The predicted octanol–water partition coefficient (Wildman–Crippen LogP) is 2.92. The Morgan fingerprint density at radius 2 is 2.10 bits per heavy atom. The molecule has 0 bridgehead atoms. The summed E-state index contributed by atoms with van der Waals surface area (Å²) in [6, 6.07) is 0. The van der Waals surface area contributed by atoms with Gasteiger partial charge >= 0.3 is 0 Å². The molecule has 1 atom stereocenters. The largest absolute Gasteiger partial charge is 0.280 e. The molecule has 0 aliphatic carbocycles. The van der Waals surface area contributed by atoms with Crippen molar-refractivity contribution in [2.45, 2.75) is 24.1 Å². The van der Waals surface area contributed by atoms with Gasteiger partial charge in [0.05, 0.1) is 4.83 Å². The van der Waals surface area contributed by atoms with Gasteiger partial charge in [0.2, 0.25) is 5.24 Å². The van der Waals surface area contributed by atoms with Crippen molar-refractivity contribution in [3.05, 3.63) is 0 Å². The third-order valence-electron chi connectivity index (χ3n) is 1.09. The molecule has 60 valence electrons. The molecule has 0 aromatic carbocycles. The topological polar surface area (TPSA) is 17.1 Å². The molecule has 0 spiro atoms. The maximum Gasteiger partial charge on any atom is 0.235 e. The minimum absolute atomic E-state index is 0.197. The van der Waals surface area contributed by atoms with Crippen LogP contribution in [0.1, 0.15) is 19.3 Å². The van der Waals surface area contributed by atoms with E-state index >= 15 is 0 Å². The summed E-state index contributed by atoms with van der Waals surface area (Å²) in [5.74, 6) is 0.649. The molecule has 0 saturated heterocycles. The van der Waals surface area contributed by atoms with Gasteiger partial charge in [0.25, 0.3) is 0 Å². The number of carbonyl (C=O) groups excluding carboxylic acids is 1. The van der Waals surface area contributed by atoms with Gasteiger partial charge in [-0.1, -0.05) is 22.4 Å². The quantitative estimate of drug-likeness (QED) is 0.415. The Labute approximate surface area is 79.2 Å². The highest BCUT2D eigenvalue weighted by Crippen LogP contribution is 2.12. The van der Waals surface area contributed by atoms with E-state index < -0.39 is 0 Å². The number of hydrogen-bond donors (Lipinski definition) is 0. The van der Waals surface area contributed by atoms with Crippen LogP contribution in [-0.4, -0.2) is 15.9 Å². The van der Waals surface area contributed by atoms with Crippen molar-refractivity contribution in [1.82, 2.24) is 0 Å². The molecule has 0 heterocycles. The van der Waals surface area contributed by atoms with Crippen molar-refractivity contribution in [2.75, 3.05) is 5.88 Å². The highest BCUT2D eigenvalue weighted by atomic mass is 79.9. The fraction of sp³-hybridized carbons (Fsp3) is 0.833. The van der Waals surface area contributed by atoms with Gasteiger partial charge in [0.15, 0.2) is 0 Å². The van der Waals surface area contributed by atoms with E-state index in [9.17, 15) is 4.79 Å². The molecule has 0 aliphatic heterocycles. The van der Waals surface area contributed by atoms with E-state index in [1.165, 1.54) is 0 Å². The monoisotopic (exact) mass is 246 g/mol. The Balaban J connectivity index is 3.21. The first-order valence-electron chi connectivity index (χ1n) is 3.08. The SMILES string of the molecule is O=C(Cl)[C@H](Br)CCCCCl. The number of unbranched alkanes of at least 4 members (excludes halogenated alkanes) is 1. The van der Waals surface area contributed by atoms with Gasteiger partial charge in [-0.15, -0.1) is 11.6 Å². The van der Waals surface area contributed by atoms with Gasteiger partial charge in [-0.25, -0.2) is 0 Å². The van der Waals surface area contributed by atoms with Crippen LogP contribution in [0.5, 0.6) is 0 Å². The molecule has 4 heteroatoms. The van der Waals surface area contributed by atoms with E-state index in [1.54, 1.807) is 0 Å². The molecule has 0 saturated carbocycles. The molecule has 0 fully saturated rings. The summed E-state index contributed by atoms with van der Waals surface area (Å²) in [7, 11) is 0. The smallest absolute Gasteiger partial charge is 0.235 e. The zero-order chi connectivity index (χ0) is 7.98. The standard InChI is InChI=1S/C6H9BrCl2O/c7-5(6(9)10)3-1-2-4-8/h5H,1-4H2/t5-/m1/s1. The molecular formula is C6H9BrCl2O. The minimum Gasteiger partial charge on any atom is -0.280 e. The van der Waals surface area contributed by atoms with Crippen molar-refractivity contribution >= 4 is 44.4 Å². The first kappa shape index (κ1) is 10.7. The van der Waals surface area contributed by atoms with Crippen molar-refractivity contribution in [3.8, 4) is 0 Å². The van der Waals surface area contributed by atoms with E-state index in [2.05, 4.69) is 15.9 Å². The zero-order valence-electron chi connectivity index (χ0n) is 5.45. The van der Waals surface area contributed by atoms with Crippen LogP contribution >= 0.6 is 39.1 Å². The summed E-state index contributed by atoms with van der Waals surface area (Å²) >= 11 is 13.8. The lowest BCUT2D eigenvalue weighted by molar-refractivity contribution is -0.111. The lowest BCUT2D eigenvalue weighted by Gasteiger charge is -2.01. The molecule has 0 aromatic heterocycles. The fourth-order valence-corrected chi connectivity index (χ4v) is 1.15. The lowest BCUT2D eigenvalue weighted by Crippen LogP contribution is -2.06. The Morgan fingerprint density at radius 3 is 2.50 bits per heavy atom. The fourth-order valence-electron chi connectivity index (χ4n) is 0.532. The van der Waals surface area contributed by atoms with Crippen LogP contribution in [0.25, 0.3) is 0 Å². The number of rotatable bonds is 5. The molecule has 0 amide bonds. The van der Waals surface area contributed by atoms with Crippen LogP contribution in [0.2, 0.25) is 0 Å². The number of hydrogen-bond acceptors (Lipinski definition) is 1. The lowest BCUT2D eigenvalue weighted by atomic mass is 10.2. The van der Waals surface area contributed by atoms with Crippen LogP contribution in [0.15, 0.2) is 0 Å². The Hall–Kier alpha value is 0.730. The van der Waals surface area contributed by atoms with Crippen molar-refractivity contribution in [2.24, 2.45) is 0 Å².